The maximum Gasteiger partial charge on any atom is 0.324 e. The number of unbranched alkanes of at least 4 members (excludes halogenated alkanes) is 2. The predicted octanol–water partition coefficient (Wildman–Crippen LogP) is 1.73. The van der Waals surface area contributed by atoms with Crippen LogP contribution in [0.25, 0.3) is 0 Å². The molecule has 3 rings (SSSR count). The van der Waals surface area contributed by atoms with Crippen LogP contribution >= 0.6 is 0 Å². The quantitative estimate of drug-likeness (QED) is 0.355. The van der Waals surface area contributed by atoms with E-state index in [1.54, 1.807) is 19.1 Å². The first-order chi connectivity index (χ1) is 15.7. The van der Waals surface area contributed by atoms with Gasteiger partial charge in [-0.25, -0.2) is 17.6 Å². The van der Waals surface area contributed by atoms with Crippen LogP contribution in [0.2, 0.25) is 0 Å². The van der Waals surface area contributed by atoms with Crippen LogP contribution < -0.4 is 10.1 Å². The lowest BCUT2D eigenvalue weighted by atomic mass is 10.0. The summed E-state index contributed by atoms with van der Waals surface area (Å²) >= 11 is 0. The molecule has 0 saturated carbocycles. The zero-order chi connectivity index (χ0) is 23.8. The summed E-state index contributed by atoms with van der Waals surface area (Å²) in [4.78, 5) is 26.1. The summed E-state index contributed by atoms with van der Waals surface area (Å²) in [7, 11) is -3.30. The third-order valence-corrected chi connectivity index (χ3v) is 7.70. The van der Waals surface area contributed by atoms with E-state index in [2.05, 4.69) is 5.32 Å². The molecule has 2 aliphatic heterocycles. The van der Waals surface area contributed by atoms with Gasteiger partial charge in [-0.15, -0.1) is 0 Å². The Hall–Kier alpha value is -2.24. The van der Waals surface area contributed by atoms with Gasteiger partial charge in [0.2, 0.25) is 5.91 Å². The van der Waals surface area contributed by atoms with E-state index >= 15 is 0 Å². The van der Waals surface area contributed by atoms with Gasteiger partial charge in [-0.1, -0.05) is 19.4 Å². The molecule has 9 nitrogen and oxygen atoms in total. The molecule has 11 heteroatoms. The Labute approximate surface area is 194 Å². The Kier molecular flexibility index (Phi) is 9.04. The maximum absolute atomic E-state index is 14.2. The second-order valence-corrected chi connectivity index (χ2v) is 10.8. The first-order valence-corrected chi connectivity index (χ1v) is 13.1. The molecule has 0 bridgehead atoms. The molecule has 2 fully saturated rings. The maximum atomic E-state index is 14.2. The summed E-state index contributed by atoms with van der Waals surface area (Å²) in [5, 5.41) is 2.21. The number of carbonyl (C=O) groups is 2. The zero-order valence-corrected chi connectivity index (χ0v) is 19.7. The van der Waals surface area contributed by atoms with Gasteiger partial charge in [0.15, 0.2) is 21.4 Å². The minimum Gasteiger partial charge on any atom is -0.475 e. The van der Waals surface area contributed by atoms with Gasteiger partial charge in [0, 0.05) is 19.6 Å². The van der Waals surface area contributed by atoms with Crippen LogP contribution in [0.5, 0.6) is 5.75 Å². The molecule has 33 heavy (non-hydrogen) atoms. The summed E-state index contributed by atoms with van der Waals surface area (Å²) in [5.41, 5.74) is 0.710. The monoisotopic (exact) mass is 485 g/mol. The number of urea groups is 1. The van der Waals surface area contributed by atoms with Crippen molar-refractivity contribution < 1.29 is 31.9 Å². The second kappa shape index (κ2) is 11.8. The fraction of sp³-hybridized carbons (Fsp3) is 0.636. The number of hydrogen-bond acceptors (Lipinski definition) is 7. The van der Waals surface area contributed by atoms with Crippen molar-refractivity contribution in [2.45, 2.75) is 32.1 Å². The Morgan fingerprint density at radius 3 is 2.64 bits per heavy atom. The molecule has 0 aromatic heterocycles. The van der Waals surface area contributed by atoms with Gasteiger partial charge in [-0.2, -0.15) is 0 Å². The van der Waals surface area contributed by atoms with Crippen molar-refractivity contribution in [3.05, 3.63) is 29.6 Å². The molecule has 1 atom stereocenters. The average Bonchev–Trinajstić information content (AvgIpc) is 3.10. The van der Waals surface area contributed by atoms with Gasteiger partial charge < -0.3 is 14.4 Å². The smallest absolute Gasteiger partial charge is 0.324 e. The molecular weight excluding hydrogens is 453 g/mol. The summed E-state index contributed by atoms with van der Waals surface area (Å²) in [5.74, 6) is -0.968. The molecule has 0 spiro atoms. The Balaban J connectivity index is 1.43. The minimum atomic E-state index is -3.30. The van der Waals surface area contributed by atoms with Crippen LogP contribution in [-0.2, 0) is 19.4 Å². The summed E-state index contributed by atoms with van der Waals surface area (Å²) < 4.78 is 50.3. The van der Waals surface area contributed by atoms with E-state index in [4.69, 9.17) is 9.47 Å². The predicted molar refractivity (Wildman–Crippen MR) is 120 cm³/mol. The molecule has 1 aromatic carbocycles. The highest BCUT2D eigenvalue weighted by Crippen LogP contribution is 2.25. The van der Waals surface area contributed by atoms with Crippen LogP contribution in [0.4, 0.5) is 9.18 Å². The van der Waals surface area contributed by atoms with Crippen LogP contribution in [0.15, 0.2) is 18.2 Å². The molecule has 0 unspecified atom stereocenters. The summed E-state index contributed by atoms with van der Waals surface area (Å²) in [6.07, 6.45) is 1.75. The number of rotatable bonds is 12. The van der Waals surface area contributed by atoms with Gasteiger partial charge in [-0.05, 0) is 36.5 Å². The normalized spacial score (nSPS) is 18.4. The SMILES string of the molecule is C[C@@H](CS(=O)(=O)CCCCCN1CC(=O)NC1=O)c1ccc(F)c(OCN2CCOCC2)c1. The lowest BCUT2D eigenvalue weighted by molar-refractivity contribution is -0.118. The highest BCUT2D eigenvalue weighted by atomic mass is 32.2. The Morgan fingerprint density at radius 1 is 1.18 bits per heavy atom. The summed E-state index contributed by atoms with van der Waals surface area (Å²) in [6.45, 7) is 5.23. The van der Waals surface area contributed by atoms with E-state index < -0.39 is 21.7 Å². The van der Waals surface area contributed by atoms with Crippen LogP contribution in [0.1, 0.15) is 37.7 Å². The minimum absolute atomic E-state index is 0.0371. The van der Waals surface area contributed by atoms with Gasteiger partial charge in [0.05, 0.1) is 24.7 Å². The van der Waals surface area contributed by atoms with Crippen LogP contribution in [0, 0.1) is 5.82 Å². The number of morpholine rings is 1. The van der Waals surface area contributed by atoms with Gasteiger partial charge in [0.25, 0.3) is 0 Å². The van der Waals surface area contributed by atoms with Crippen molar-refractivity contribution in [1.29, 1.82) is 0 Å². The topological polar surface area (TPSA) is 105 Å². The highest BCUT2D eigenvalue weighted by Gasteiger charge is 2.26. The Morgan fingerprint density at radius 2 is 1.94 bits per heavy atom. The van der Waals surface area contributed by atoms with Gasteiger partial charge in [0.1, 0.15) is 13.3 Å². The highest BCUT2D eigenvalue weighted by molar-refractivity contribution is 7.91. The number of nitrogens with one attached hydrogen (secondary N) is 1. The molecule has 1 N–H and O–H groups in total. The first-order valence-electron chi connectivity index (χ1n) is 11.2. The largest absolute Gasteiger partial charge is 0.475 e. The molecular formula is C22H32FN3O6S. The fourth-order valence-corrected chi connectivity index (χ4v) is 5.62. The average molecular weight is 486 g/mol. The third kappa shape index (κ3) is 7.94. The Bertz CT molecular complexity index is 936. The van der Waals surface area contributed by atoms with Crippen molar-refractivity contribution in [2.75, 3.05) is 57.6 Å². The molecule has 3 amide bonds. The molecule has 2 saturated heterocycles. The van der Waals surface area contributed by atoms with Crippen molar-refractivity contribution in [1.82, 2.24) is 15.1 Å². The molecule has 2 aliphatic rings. The van der Waals surface area contributed by atoms with Gasteiger partial charge >= 0.3 is 6.03 Å². The van der Waals surface area contributed by atoms with Gasteiger partial charge in [-0.3, -0.25) is 15.0 Å². The lowest BCUT2D eigenvalue weighted by Gasteiger charge is -2.26. The number of ether oxygens (including phenoxy) is 2. The molecule has 184 valence electrons. The number of sulfone groups is 1. The second-order valence-electron chi connectivity index (χ2n) is 8.54. The number of benzene rings is 1. The molecule has 0 aliphatic carbocycles. The van der Waals surface area contributed by atoms with Crippen LogP contribution in [0.3, 0.4) is 0 Å². The van der Waals surface area contributed by atoms with E-state index in [1.165, 1.54) is 11.0 Å². The van der Waals surface area contributed by atoms with E-state index in [0.29, 0.717) is 44.6 Å². The van der Waals surface area contributed by atoms with Crippen molar-refractivity contribution in [3.63, 3.8) is 0 Å². The van der Waals surface area contributed by atoms with E-state index in [-0.39, 0.29) is 42.4 Å². The number of nitrogens with zero attached hydrogens (tertiary/aromatic N) is 2. The number of amides is 3. The number of halogens is 1. The van der Waals surface area contributed by atoms with E-state index in [9.17, 15) is 22.4 Å². The van der Waals surface area contributed by atoms with Crippen molar-refractivity contribution in [3.8, 4) is 5.75 Å². The third-order valence-electron chi connectivity index (χ3n) is 5.79. The fourth-order valence-electron chi connectivity index (χ4n) is 3.85. The summed E-state index contributed by atoms with van der Waals surface area (Å²) in [6, 6.07) is 4.10. The van der Waals surface area contributed by atoms with E-state index in [1.807, 2.05) is 4.90 Å². The van der Waals surface area contributed by atoms with Crippen molar-refractivity contribution in [2.24, 2.45) is 0 Å². The molecule has 1 aromatic rings. The molecule has 0 radical (unpaired) electrons. The van der Waals surface area contributed by atoms with E-state index in [0.717, 1.165) is 13.1 Å². The number of imide groups is 1. The van der Waals surface area contributed by atoms with Crippen molar-refractivity contribution >= 4 is 21.8 Å². The molecule has 2 heterocycles. The first kappa shape index (κ1) is 25.4. The number of carbonyl (C=O) groups excluding carboxylic acids is 2. The number of hydrogen-bond donors (Lipinski definition) is 1. The standard InChI is InChI=1S/C22H32FN3O6S/c1-17(15-33(29,30)12-4-2-3-7-26-14-21(27)24-22(26)28)18-5-6-19(23)20(13-18)32-16-25-8-10-31-11-9-25/h5-6,13,17H,2-4,7-12,14-16H2,1H3,(H,24,27,28)/t17-/m0/s1. The lowest BCUT2D eigenvalue weighted by Crippen LogP contribution is -2.38. The zero-order valence-electron chi connectivity index (χ0n) is 18.9. The van der Waals surface area contributed by atoms with Crippen LogP contribution in [-0.4, -0.2) is 87.8 Å².